The number of pyridine rings is 1. The Hall–Kier alpha value is -4.38. The van der Waals surface area contributed by atoms with E-state index in [9.17, 15) is 9.59 Å². The number of carbonyl (C=O) groups is 2. The molecule has 0 aliphatic heterocycles. The molecule has 1 aromatic carbocycles. The van der Waals surface area contributed by atoms with E-state index in [0.717, 1.165) is 0 Å². The molecule has 0 atom stereocenters. The van der Waals surface area contributed by atoms with Crippen LogP contribution in [0.3, 0.4) is 0 Å². The van der Waals surface area contributed by atoms with E-state index in [2.05, 4.69) is 25.4 Å². The second-order valence-corrected chi connectivity index (χ2v) is 6.25. The van der Waals surface area contributed by atoms with Crippen molar-refractivity contribution in [2.24, 2.45) is 0 Å². The molecule has 30 heavy (non-hydrogen) atoms. The molecule has 0 radical (unpaired) electrons. The molecule has 4 aromatic rings. The molecule has 0 aliphatic carbocycles. The number of benzene rings is 1. The topological polar surface area (TPSA) is 161 Å². The molecule has 0 unspecified atom stereocenters. The molecule has 150 valence electrons. The van der Waals surface area contributed by atoms with Crippen molar-refractivity contribution in [3.05, 3.63) is 60.6 Å². The Bertz CT molecular complexity index is 1220. The van der Waals surface area contributed by atoms with Crippen molar-refractivity contribution < 1.29 is 14.8 Å². The molecule has 3 aromatic heterocycles. The number of hydrogen-bond donors (Lipinski definition) is 4. The van der Waals surface area contributed by atoms with Gasteiger partial charge in [0.15, 0.2) is 5.65 Å². The van der Waals surface area contributed by atoms with E-state index in [1.807, 2.05) is 0 Å². The Kier molecular flexibility index (Phi) is 5.01. The van der Waals surface area contributed by atoms with Gasteiger partial charge in [-0.05, 0) is 24.3 Å². The van der Waals surface area contributed by atoms with Crippen LogP contribution in [-0.4, -0.2) is 41.8 Å². The minimum absolute atomic E-state index is 0.197. The van der Waals surface area contributed by atoms with E-state index >= 15 is 0 Å². The zero-order valence-corrected chi connectivity index (χ0v) is 15.5. The summed E-state index contributed by atoms with van der Waals surface area (Å²) in [6.07, 6.45) is 2.85. The molecular weight excluding hydrogens is 388 g/mol. The van der Waals surface area contributed by atoms with Gasteiger partial charge in [0.2, 0.25) is 0 Å². The van der Waals surface area contributed by atoms with Gasteiger partial charge in [0.05, 0.1) is 5.39 Å². The van der Waals surface area contributed by atoms with E-state index in [0.29, 0.717) is 33.7 Å². The number of nitrogens with zero attached hydrogens (tertiary/aromatic N) is 5. The minimum atomic E-state index is -0.662. The Balaban J connectivity index is 1.67. The molecular formula is C19H16N8O3. The smallest absolute Gasteiger partial charge is 0.265 e. The predicted octanol–water partition coefficient (Wildman–Crippen LogP) is 1.23. The van der Waals surface area contributed by atoms with Crippen molar-refractivity contribution >= 4 is 34.5 Å². The zero-order chi connectivity index (χ0) is 21.1. The Morgan fingerprint density at radius 3 is 2.57 bits per heavy atom. The summed E-state index contributed by atoms with van der Waals surface area (Å²) in [7, 11) is 0. The summed E-state index contributed by atoms with van der Waals surface area (Å²) < 4.78 is 1.32. The maximum absolute atomic E-state index is 12.4. The number of fused-ring (bicyclic) bond motifs is 1. The van der Waals surface area contributed by atoms with Crippen LogP contribution >= 0.6 is 0 Å². The predicted molar refractivity (Wildman–Crippen MR) is 107 cm³/mol. The quantitative estimate of drug-likeness (QED) is 0.285. The third-order valence-corrected chi connectivity index (χ3v) is 4.30. The Morgan fingerprint density at radius 1 is 1.07 bits per heavy atom. The van der Waals surface area contributed by atoms with Gasteiger partial charge in [-0.15, -0.1) is 0 Å². The molecule has 0 aliphatic rings. The van der Waals surface area contributed by atoms with Gasteiger partial charge in [-0.1, -0.05) is 18.2 Å². The Morgan fingerprint density at radius 2 is 1.87 bits per heavy atom. The van der Waals surface area contributed by atoms with Crippen LogP contribution in [0.1, 0.15) is 10.4 Å². The van der Waals surface area contributed by atoms with Gasteiger partial charge < -0.3 is 11.1 Å². The highest BCUT2D eigenvalue weighted by Crippen LogP contribution is 2.30. The maximum Gasteiger partial charge on any atom is 0.265 e. The van der Waals surface area contributed by atoms with Crippen LogP contribution in [0.15, 0.2) is 55.0 Å². The average molecular weight is 404 g/mol. The lowest BCUT2D eigenvalue weighted by molar-refractivity contribution is -0.129. The van der Waals surface area contributed by atoms with Crippen LogP contribution in [0, 0.1) is 0 Å². The number of hydroxylamine groups is 1. The molecule has 11 nitrogen and oxygen atoms in total. The highest BCUT2D eigenvalue weighted by atomic mass is 16.5. The van der Waals surface area contributed by atoms with Crippen LogP contribution in [-0.2, 0) is 11.3 Å². The molecule has 0 bridgehead atoms. The first kappa shape index (κ1) is 19.0. The fraction of sp³-hybridized carbons (Fsp3) is 0.0526. The van der Waals surface area contributed by atoms with Crippen molar-refractivity contribution in [1.29, 1.82) is 0 Å². The summed E-state index contributed by atoms with van der Waals surface area (Å²) in [6.45, 7) is -0.256. The van der Waals surface area contributed by atoms with E-state index in [-0.39, 0.29) is 18.3 Å². The van der Waals surface area contributed by atoms with E-state index in [1.54, 1.807) is 54.1 Å². The fourth-order valence-electron chi connectivity index (χ4n) is 2.92. The third-order valence-electron chi connectivity index (χ3n) is 4.30. The van der Waals surface area contributed by atoms with E-state index in [4.69, 9.17) is 10.9 Å². The lowest BCUT2D eigenvalue weighted by Gasteiger charge is -2.05. The third kappa shape index (κ3) is 3.64. The molecule has 0 saturated carbocycles. The van der Waals surface area contributed by atoms with Crippen LogP contribution in [0.2, 0.25) is 0 Å². The van der Waals surface area contributed by atoms with Crippen LogP contribution in [0.25, 0.3) is 22.3 Å². The summed E-state index contributed by atoms with van der Waals surface area (Å²) in [5.74, 6) is -0.325. The number of aromatic nitrogens is 5. The fourth-order valence-corrected chi connectivity index (χ4v) is 2.92. The molecule has 0 fully saturated rings. The number of nitrogen functional groups attached to an aromatic ring is 1. The van der Waals surface area contributed by atoms with Crippen LogP contribution < -0.4 is 16.5 Å². The molecule has 4 rings (SSSR count). The van der Waals surface area contributed by atoms with Crippen molar-refractivity contribution in [3.8, 4) is 11.3 Å². The van der Waals surface area contributed by atoms with Gasteiger partial charge in [-0.2, -0.15) is 5.10 Å². The first-order valence-corrected chi connectivity index (χ1v) is 8.79. The first-order valence-electron chi connectivity index (χ1n) is 8.79. The molecule has 2 amide bonds. The highest BCUT2D eigenvalue weighted by molar-refractivity contribution is 6.04. The van der Waals surface area contributed by atoms with Crippen molar-refractivity contribution in [3.63, 3.8) is 0 Å². The molecule has 3 heterocycles. The van der Waals surface area contributed by atoms with Gasteiger partial charge >= 0.3 is 0 Å². The highest BCUT2D eigenvalue weighted by Gasteiger charge is 2.19. The number of carbonyl (C=O) groups excluding carboxylic acids is 2. The number of amides is 2. The summed E-state index contributed by atoms with van der Waals surface area (Å²) in [6, 6.07) is 11.9. The number of hydrogen-bond acceptors (Lipinski definition) is 8. The molecule has 5 N–H and O–H groups in total. The molecule has 0 saturated heterocycles. The van der Waals surface area contributed by atoms with Crippen LogP contribution in [0.4, 0.5) is 11.6 Å². The van der Waals surface area contributed by atoms with E-state index in [1.165, 1.54) is 11.0 Å². The lowest BCUT2D eigenvalue weighted by atomic mass is 10.1. The SMILES string of the molecule is Nc1ncnc2c1c(-c1ccc(C(=O)Nc3ccccn3)cc1)nn2CC(=O)NO. The van der Waals surface area contributed by atoms with Gasteiger partial charge in [0.25, 0.3) is 11.8 Å². The number of anilines is 2. The summed E-state index contributed by atoms with van der Waals surface area (Å²) >= 11 is 0. The normalized spacial score (nSPS) is 10.7. The summed E-state index contributed by atoms with van der Waals surface area (Å²) in [5, 5.41) is 16.4. The summed E-state index contributed by atoms with van der Waals surface area (Å²) in [4.78, 5) is 36.2. The van der Waals surface area contributed by atoms with Gasteiger partial charge in [-0.25, -0.2) is 25.1 Å². The van der Waals surface area contributed by atoms with Gasteiger partial charge in [0, 0.05) is 17.3 Å². The monoisotopic (exact) mass is 404 g/mol. The molecule has 11 heteroatoms. The van der Waals surface area contributed by atoms with E-state index < -0.39 is 5.91 Å². The van der Waals surface area contributed by atoms with Crippen LogP contribution in [0.5, 0.6) is 0 Å². The van der Waals surface area contributed by atoms with Crippen molar-refractivity contribution in [1.82, 2.24) is 30.2 Å². The second-order valence-electron chi connectivity index (χ2n) is 6.25. The maximum atomic E-state index is 12.4. The molecule has 0 spiro atoms. The average Bonchev–Trinajstić information content (AvgIpc) is 3.14. The summed E-state index contributed by atoms with van der Waals surface area (Å²) in [5.41, 5.74) is 9.44. The lowest BCUT2D eigenvalue weighted by Crippen LogP contribution is -2.24. The van der Waals surface area contributed by atoms with Crippen molar-refractivity contribution in [2.45, 2.75) is 6.54 Å². The number of rotatable bonds is 5. The van der Waals surface area contributed by atoms with Crippen molar-refractivity contribution in [2.75, 3.05) is 11.1 Å². The Labute approximate surface area is 169 Å². The number of nitrogens with two attached hydrogens (primary N) is 1. The van der Waals surface area contributed by atoms with Gasteiger partial charge in [-0.3, -0.25) is 14.8 Å². The van der Waals surface area contributed by atoms with Gasteiger partial charge in [0.1, 0.15) is 30.2 Å². The standard InChI is InChI=1S/C19H16N8O3/c20-17-15-16(25-27(9-14(28)26-30)18(15)23-10-22-17)11-4-6-12(7-5-11)19(29)24-13-3-1-2-8-21-13/h1-8,10,30H,9H2,(H,26,28)(H2,20,22,23)(H,21,24,29). The minimum Gasteiger partial charge on any atom is -0.383 e. The zero-order valence-electron chi connectivity index (χ0n) is 15.5. The largest absolute Gasteiger partial charge is 0.383 e. The number of nitrogens with one attached hydrogen (secondary N) is 2. The first-order chi connectivity index (χ1) is 14.6. The second kappa shape index (κ2) is 7.93.